The molecule has 11 heteroatoms. The highest BCUT2D eigenvalue weighted by molar-refractivity contribution is 5.99. The van der Waals surface area contributed by atoms with Crippen molar-refractivity contribution in [3.05, 3.63) is 73.5 Å². The third-order valence-corrected chi connectivity index (χ3v) is 6.42. The van der Waals surface area contributed by atoms with E-state index in [4.69, 9.17) is 4.74 Å². The smallest absolute Gasteiger partial charge is 0.247 e. The monoisotopic (exact) mass is 516 g/mol. The molecule has 2 aromatic carbocycles. The molecule has 0 atom stereocenters. The first kappa shape index (κ1) is 25.3. The summed E-state index contributed by atoms with van der Waals surface area (Å²) in [6.45, 7) is 8.58. The van der Waals surface area contributed by atoms with Crippen LogP contribution < -0.4 is 15.5 Å². The lowest BCUT2D eigenvalue weighted by Gasteiger charge is -2.36. The van der Waals surface area contributed by atoms with Gasteiger partial charge in [0.15, 0.2) is 5.65 Å². The number of rotatable bonds is 9. The Morgan fingerprint density at radius 3 is 2.74 bits per heavy atom. The van der Waals surface area contributed by atoms with Gasteiger partial charge in [0, 0.05) is 51.2 Å². The van der Waals surface area contributed by atoms with Gasteiger partial charge in [-0.25, -0.2) is 14.4 Å². The van der Waals surface area contributed by atoms with Crippen molar-refractivity contribution in [3.63, 3.8) is 0 Å². The minimum absolute atomic E-state index is 0.244. The lowest BCUT2D eigenvalue weighted by molar-refractivity contribution is -0.111. The summed E-state index contributed by atoms with van der Waals surface area (Å²) >= 11 is 0. The van der Waals surface area contributed by atoms with Gasteiger partial charge in [0.1, 0.15) is 17.7 Å². The average Bonchev–Trinajstić information content (AvgIpc) is 3.37. The number of nitrogens with one attached hydrogen (secondary N) is 2. The lowest BCUT2D eigenvalue weighted by Crippen LogP contribution is -2.47. The first-order valence-electron chi connectivity index (χ1n) is 12.3. The molecule has 0 spiro atoms. The molecule has 1 amide bonds. The molecule has 4 aromatic rings. The molecular formula is C27H29FN8O2. The number of anilines is 4. The number of fused-ring (bicyclic) bond motifs is 1. The number of amides is 1. The Morgan fingerprint density at radius 2 is 1.97 bits per heavy atom. The van der Waals surface area contributed by atoms with E-state index in [0.29, 0.717) is 23.5 Å². The molecule has 1 saturated heterocycles. The maximum Gasteiger partial charge on any atom is 0.247 e. The van der Waals surface area contributed by atoms with Gasteiger partial charge in [0.2, 0.25) is 11.9 Å². The van der Waals surface area contributed by atoms with Crippen LogP contribution in [0.5, 0.6) is 0 Å². The first-order chi connectivity index (χ1) is 18.5. The molecule has 5 rings (SSSR count). The molecule has 10 nitrogen and oxygen atoms in total. The largest absolute Gasteiger partial charge is 0.383 e. The van der Waals surface area contributed by atoms with Gasteiger partial charge >= 0.3 is 0 Å². The minimum Gasteiger partial charge on any atom is -0.383 e. The number of carbonyl (C=O) groups excluding carboxylic acids is 1. The van der Waals surface area contributed by atoms with Crippen molar-refractivity contribution in [1.29, 1.82) is 0 Å². The molecule has 0 saturated carbocycles. The van der Waals surface area contributed by atoms with E-state index in [9.17, 15) is 4.79 Å². The molecule has 0 unspecified atom stereocenters. The van der Waals surface area contributed by atoms with Crippen LogP contribution >= 0.6 is 0 Å². The molecular weight excluding hydrogens is 487 g/mol. The van der Waals surface area contributed by atoms with Crippen molar-refractivity contribution in [2.45, 2.75) is 0 Å². The van der Waals surface area contributed by atoms with Crippen LogP contribution in [-0.4, -0.2) is 76.8 Å². The zero-order valence-corrected chi connectivity index (χ0v) is 21.1. The topological polar surface area (TPSA) is 100 Å². The van der Waals surface area contributed by atoms with E-state index in [2.05, 4.69) is 42.0 Å². The third kappa shape index (κ3) is 5.63. The summed E-state index contributed by atoms with van der Waals surface area (Å²) in [5, 5.41) is 5.73. The van der Waals surface area contributed by atoms with Crippen LogP contribution in [0.2, 0.25) is 0 Å². The molecule has 196 valence electrons. The molecule has 2 N–H and O–H groups in total. The number of methoxy groups -OCH3 is 1. The van der Waals surface area contributed by atoms with Crippen molar-refractivity contribution < 1.29 is 13.9 Å². The van der Waals surface area contributed by atoms with E-state index in [1.165, 1.54) is 6.08 Å². The second-order valence-corrected chi connectivity index (χ2v) is 8.87. The predicted molar refractivity (Wildman–Crippen MR) is 146 cm³/mol. The van der Waals surface area contributed by atoms with E-state index in [1.807, 2.05) is 18.2 Å². The number of aromatic nitrogens is 4. The zero-order valence-electron chi connectivity index (χ0n) is 21.1. The first-order valence-corrected chi connectivity index (χ1v) is 12.3. The Balaban J connectivity index is 1.32. The fourth-order valence-corrected chi connectivity index (χ4v) is 4.36. The van der Waals surface area contributed by atoms with Crippen LogP contribution in [0.15, 0.2) is 67.6 Å². The number of halogens is 1. The fraction of sp³-hybridized carbons (Fsp3) is 0.259. The van der Waals surface area contributed by atoms with Crippen LogP contribution in [0.25, 0.3) is 16.9 Å². The second kappa shape index (κ2) is 11.4. The van der Waals surface area contributed by atoms with Crippen LogP contribution in [0, 0.1) is 5.82 Å². The van der Waals surface area contributed by atoms with Crippen LogP contribution in [0.1, 0.15) is 0 Å². The third-order valence-electron chi connectivity index (χ3n) is 6.42. The van der Waals surface area contributed by atoms with Gasteiger partial charge in [-0.2, -0.15) is 4.98 Å². The Morgan fingerprint density at radius 1 is 1.13 bits per heavy atom. The number of benzene rings is 2. The average molecular weight is 517 g/mol. The highest BCUT2D eigenvalue weighted by Crippen LogP contribution is 2.26. The van der Waals surface area contributed by atoms with Gasteiger partial charge in [-0.3, -0.25) is 14.3 Å². The van der Waals surface area contributed by atoms with Crippen molar-refractivity contribution in [2.75, 3.05) is 62.0 Å². The normalized spacial score (nSPS) is 14.0. The summed E-state index contributed by atoms with van der Waals surface area (Å²) < 4.78 is 22.0. The maximum atomic E-state index is 15.1. The molecule has 38 heavy (non-hydrogen) atoms. The number of carbonyl (C=O) groups is 1. The standard InChI is InChI=1S/C27H29FN8O2/c1-3-25(37)31-19-5-4-6-21(15-19)36-18-30-24-17-29-27(33-26(24)36)32-23-8-7-20(16-22(23)28)35-11-9-34(10-12-35)13-14-38-2/h3-8,15-18H,1,9-14H2,2H3,(H,31,37)(H,29,32,33). The number of hydrogen-bond donors (Lipinski definition) is 2. The van der Waals surface area contributed by atoms with E-state index < -0.39 is 0 Å². The van der Waals surface area contributed by atoms with Crippen molar-refractivity contribution in [1.82, 2.24) is 24.4 Å². The molecule has 0 aliphatic carbocycles. The van der Waals surface area contributed by atoms with Crippen LogP contribution in [0.3, 0.4) is 0 Å². The molecule has 0 radical (unpaired) electrons. The minimum atomic E-state index is -0.382. The van der Waals surface area contributed by atoms with Crippen molar-refractivity contribution >= 4 is 40.1 Å². The predicted octanol–water partition coefficient (Wildman–Crippen LogP) is 3.59. The van der Waals surface area contributed by atoms with Gasteiger partial charge in [-0.1, -0.05) is 12.6 Å². The summed E-state index contributed by atoms with van der Waals surface area (Å²) in [7, 11) is 1.71. The van der Waals surface area contributed by atoms with Gasteiger partial charge < -0.3 is 20.3 Å². The van der Waals surface area contributed by atoms with Crippen LogP contribution in [0.4, 0.5) is 27.4 Å². The molecule has 1 aliphatic heterocycles. The van der Waals surface area contributed by atoms with Gasteiger partial charge in [-0.05, 0) is 42.5 Å². The highest BCUT2D eigenvalue weighted by atomic mass is 19.1. The van der Waals surface area contributed by atoms with E-state index >= 15 is 4.39 Å². The summed E-state index contributed by atoms with van der Waals surface area (Å²) in [5.41, 5.74) is 3.61. The molecule has 0 bridgehead atoms. The van der Waals surface area contributed by atoms with Crippen molar-refractivity contribution in [3.8, 4) is 5.69 Å². The molecule has 2 aromatic heterocycles. The summed E-state index contributed by atoms with van der Waals surface area (Å²) in [5.74, 6) is -0.440. The zero-order chi connectivity index (χ0) is 26.5. The number of imidazole rings is 1. The Kier molecular flexibility index (Phi) is 7.57. The Hall–Kier alpha value is -4.35. The number of ether oxygens (including phenoxy) is 1. The fourth-order valence-electron chi connectivity index (χ4n) is 4.36. The van der Waals surface area contributed by atoms with Crippen molar-refractivity contribution in [2.24, 2.45) is 0 Å². The van der Waals surface area contributed by atoms with Gasteiger partial charge in [-0.15, -0.1) is 0 Å². The van der Waals surface area contributed by atoms with E-state index in [1.54, 1.807) is 48.5 Å². The maximum absolute atomic E-state index is 15.1. The van der Waals surface area contributed by atoms with E-state index in [0.717, 1.165) is 44.1 Å². The van der Waals surface area contributed by atoms with Crippen LogP contribution in [-0.2, 0) is 9.53 Å². The summed E-state index contributed by atoms with van der Waals surface area (Å²) in [4.78, 5) is 29.5. The number of hydrogen-bond acceptors (Lipinski definition) is 8. The Labute approximate surface area is 219 Å². The number of piperazine rings is 1. The highest BCUT2D eigenvalue weighted by Gasteiger charge is 2.18. The summed E-state index contributed by atoms with van der Waals surface area (Å²) in [6.07, 6.45) is 4.42. The van der Waals surface area contributed by atoms with Gasteiger partial charge in [0.05, 0.1) is 24.2 Å². The quantitative estimate of drug-likeness (QED) is 0.326. The second-order valence-electron chi connectivity index (χ2n) is 8.87. The lowest BCUT2D eigenvalue weighted by atomic mass is 10.2. The molecule has 1 fully saturated rings. The summed E-state index contributed by atoms with van der Waals surface area (Å²) in [6, 6.07) is 12.4. The Bertz CT molecular complexity index is 1450. The SMILES string of the molecule is C=CC(=O)Nc1cccc(-n2cnc3cnc(Nc4ccc(N5CCN(CCOC)CC5)cc4F)nc32)c1. The molecule has 1 aliphatic rings. The van der Waals surface area contributed by atoms with Gasteiger partial charge in [0.25, 0.3) is 0 Å². The van der Waals surface area contributed by atoms with E-state index in [-0.39, 0.29) is 23.4 Å². The number of nitrogens with zero attached hydrogens (tertiary/aromatic N) is 6. The molecule has 3 heterocycles.